The summed E-state index contributed by atoms with van der Waals surface area (Å²) in [5.41, 5.74) is 0.156. The van der Waals surface area contributed by atoms with Gasteiger partial charge in [0.1, 0.15) is 11.9 Å². The average Bonchev–Trinajstić information content (AvgIpc) is 2.34. The molecule has 0 spiro atoms. The van der Waals surface area contributed by atoms with Crippen molar-refractivity contribution < 1.29 is 22.7 Å². The summed E-state index contributed by atoms with van der Waals surface area (Å²) in [4.78, 5) is 0. The third-order valence-corrected chi connectivity index (χ3v) is 2.74. The Morgan fingerprint density at radius 3 is 2.26 bits per heavy atom. The number of hydrogen-bond donors (Lipinski definition) is 1. The summed E-state index contributed by atoms with van der Waals surface area (Å²) in [7, 11) is 0. The number of rotatable bonds is 2. The van der Waals surface area contributed by atoms with Crippen LogP contribution in [0.15, 0.2) is 30.3 Å². The van der Waals surface area contributed by atoms with Crippen molar-refractivity contribution in [1.82, 2.24) is 0 Å². The lowest BCUT2D eigenvalue weighted by atomic mass is 9.99. The maximum atomic E-state index is 13.5. The summed E-state index contributed by atoms with van der Waals surface area (Å²) >= 11 is 0. The molecule has 19 heavy (non-hydrogen) atoms. The van der Waals surface area contributed by atoms with Gasteiger partial charge >= 0.3 is 0 Å². The van der Waals surface area contributed by atoms with Gasteiger partial charge in [0.25, 0.3) is 0 Å². The van der Waals surface area contributed by atoms with Crippen LogP contribution in [0.4, 0.5) is 17.6 Å². The Morgan fingerprint density at radius 1 is 0.947 bits per heavy atom. The zero-order valence-corrected chi connectivity index (χ0v) is 9.92. The normalized spacial score (nSPS) is 12.5. The van der Waals surface area contributed by atoms with Crippen molar-refractivity contribution in [3.05, 3.63) is 70.3 Å². The predicted molar refractivity (Wildman–Crippen MR) is 61.5 cm³/mol. The maximum absolute atomic E-state index is 13.5. The minimum absolute atomic E-state index is 0.0717. The lowest BCUT2D eigenvalue weighted by Crippen LogP contribution is -2.06. The van der Waals surface area contributed by atoms with Crippen molar-refractivity contribution in [2.45, 2.75) is 13.0 Å². The average molecular weight is 270 g/mol. The summed E-state index contributed by atoms with van der Waals surface area (Å²) in [6.07, 6.45) is -1.57. The molecule has 0 saturated carbocycles. The zero-order valence-electron chi connectivity index (χ0n) is 9.92. The van der Waals surface area contributed by atoms with Crippen molar-refractivity contribution in [1.29, 1.82) is 0 Å². The number of hydrogen-bond acceptors (Lipinski definition) is 1. The van der Waals surface area contributed by atoms with E-state index in [0.29, 0.717) is 11.6 Å². The minimum atomic E-state index is -1.66. The van der Waals surface area contributed by atoms with Crippen LogP contribution >= 0.6 is 0 Å². The quantitative estimate of drug-likeness (QED) is 0.652. The fourth-order valence-corrected chi connectivity index (χ4v) is 1.85. The smallest absolute Gasteiger partial charge is 0.194 e. The molecule has 0 fully saturated rings. The summed E-state index contributed by atoms with van der Waals surface area (Å²) < 4.78 is 52.6. The van der Waals surface area contributed by atoms with Crippen molar-refractivity contribution in [3.63, 3.8) is 0 Å². The van der Waals surface area contributed by atoms with Gasteiger partial charge < -0.3 is 5.11 Å². The molecule has 2 rings (SSSR count). The van der Waals surface area contributed by atoms with E-state index in [1.807, 2.05) is 0 Å². The van der Waals surface area contributed by atoms with Crippen molar-refractivity contribution in [2.24, 2.45) is 0 Å². The number of aliphatic hydroxyl groups excluding tert-OH is 1. The summed E-state index contributed by atoms with van der Waals surface area (Å²) in [5.74, 6) is -5.08. The van der Waals surface area contributed by atoms with E-state index in [4.69, 9.17) is 0 Å². The van der Waals surface area contributed by atoms with Crippen LogP contribution in [-0.2, 0) is 0 Å². The van der Waals surface area contributed by atoms with Gasteiger partial charge in [-0.3, -0.25) is 0 Å². The molecule has 0 aliphatic rings. The Hall–Kier alpha value is -1.88. The molecule has 1 N–H and O–H groups in total. The second-order valence-electron chi connectivity index (χ2n) is 4.23. The molecule has 0 bridgehead atoms. The first-order valence-corrected chi connectivity index (χ1v) is 5.48. The number of aryl methyl sites for hydroxylation is 1. The van der Waals surface area contributed by atoms with Crippen molar-refractivity contribution in [2.75, 3.05) is 0 Å². The maximum Gasteiger partial charge on any atom is 0.194 e. The lowest BCUT2D eigenvalue weighted by molar-refractivity contribution is 0.212. The second-order valence-corrected chi connectivity index (χ2v) is 4.23. The van der Waals surface area contributed by atoms with E-state index in [1.165, 1.54) is 12.1 Å². The van der Waals surface area contributed by atoms with Crippen LogP contribution in [0.2, 0.25) is 0 Å². The Morgan fingerprint density at radius 2 is 1.63 bits per heavy atom. The van der Waals surface area contributed by atoms with E-state index in [1.54, 1.807) is 6.92 Å². The van der Waals surface area contributed by atoms with E-state index < -0.39 is 34.9 Å². The first kappa shape index (κ1) is 13.5. The topological polar surface area (TPSA) is 20.2 Å². The Bertz CT molecular complexity index is 605. The SMILES string of the molecule is Cc1cc(F)cc(C(O)c2ccc(F)c(F)c2F)c1. The largest absolute Gasteiger partial charge is 0.384 e. The van der Waals surface area contributed by atoms with Crippen LogP contribution in [0, 0.1) is 30.2 Å². The number of aliphatic hydroxyl groups is 1. The summed E-state index contributed by atoms with van der Waals surface area (Å²) in [5, 5.41) is 9.94. The van der Waals surface area contributed by atoms with Gasteiger partial charge in [0.15, 0.2) is 17.5 Å². The molecule has 0 saturated heterocycles. The highest BCUT2D eigenvalue weighted by Gasteiger charge is 2.21. The highest BCUT2D eigenvalue weighted by Crippen LogP contribution is 2.27. The van der Waals surface area contributed by atoms with E-state index >= 15 is 0 Å². The zero-order chi connectivity index (χ0) is 14.2. The molecule has 1 atom stereocenters. The molecule has 1 unspecified atom stereocenters. The predicted octanol–water partition coefficient (Wildman–Crippen LogP) is 3.63. The fourth-order valence-electron chi connectivity index (χ4n) is 1.85. The van der Waals surface area contributed by atoms with Gasteiger partial charge in [-0.05, 0) is 36.2 Å². The van der Waals surface area contributed by atoms with E-state index in [9.17, 15) is 22.7 Å². The lowest BCUT2D eigenvalue weighted by Gasteiger charge is -2.14. The summed E-state index contributed by atoms with van der Waals surface area (Å²) in [6.45, 7) is 1.60. The van der Waals surface area contributed by atoms with Crippen LogP contribution in [0.1, 0.15) is 22.8 Å². The van der Waals surface area contributed by atoms with Gasteiger partial charge in [0.2, 0.25) is 0 Å². The Labute approximate surface area is 107 Å². The second kappa shape index (κ2) is 5.01. The fraction of sp³-hybridized carbons (Fsp3) is 0.143. The van der Waals surface area contributed by atoms with Gasteiger partial charge in [-0.2, -0.15) is 0 Å². The third kappa shape index (κ3) is 2.61. The number of halogens is 4. The molecular weight excluding hydrogens is 260 g/mol. The van der Waals surface area contributed by atoms with Gasteiger partial charge in [0.05, 0.1) is 0 Å². The number of benzene rings is 2. The molecule has 2 aromatic carbocycles. The molecule has 0 aromatic heterocycles. The summed E-state index contributed by atoms with van der Waals surface area (Å²) in [6, 6.07) is 5.33. The van der Waals surface area contributed by atoms with Crippen LogP contribution < -0.4 is 0 Å². The van der Waals surface area contributed by atoms with Crippen LogP contribution in [0.5, 0.6) is 0 Å². The van der Waals surface area contributed by atoms with Crippen LogP contribution in [-0.4, -0.2) is 5.11 Å². The van der Waals surface area contributed by atoms with E-state index in [-0.39, 0.29) is 5.56 Å². The molecule has 5 heteroatoms. The molecule has 100 valence electrons. The van der Waals surface area contributed by atoms with Gasteiger partial charge in [0, 0.05) is 5.56 Å². The molecule has 0 aliphatic heterocycles. The molecule has 0 heterocycles. The van der Waals surface area contributed by atoms with Crippen molar-refractivity contribution in [3.8, 4) is 0 Å². The highest BCUT2D eigenvalue weighted by atomic mass is 19.2. The molecule has 0 radical (unpaired) electrons. The molecular formula is C14H10F4O. The van der Waals surface area contributed by atoms with Crippen LogP contribution in [0.3, 0.4) is 0 Å². The first-order chi connectivity index (χ1) is 8.90. The monoisotopic (exact) mass is 270 g/mol. The highest BCUT2D eigenvalue weighted by molar-refractivity contribution is 5.34. The molecule has 2 aromatic rings. The van der Waals surface area contributed by atoms with E-state index in [0.717, 1.165) is 12.1 Å². The minimum Gasteiger partial charge on any atom is -0.384 e. The van der Waals surface area contributed by atoms with Crippen molar-refractivity contribution >= 4 is 0 Å². The third-order valence-electron chi connectivity index (χ3n) is 2.74. The molecule has 0 amide bonds. The first-order valence-electron chi connectivity index (χ1n) is 5.48. The van der Waals surface area contributed by atoms with Gasteiger partial charge in [-0.25, -0.2) is 17.6 Å². The van der Waals surface area contributed by atoms with Gasteiger partial charge in [-0.1, -0.05) is 12.1 Å². The molecule has 1 nitrogen and oxygen atoms in total. The molecule has 0 aliphatic carbocycles. The Kier molecular flexibility index (Phi) is 3.57. The Balaban J connectivity index is 2.50. The van der Waals surface area contributed by atoms with Gasteiger partial charge in [-0.15, -0.1) is 0 Å². The van der Waals surface area contributed by atoms with E-state index in [2.05, 4.69) is 0 Å². The van der Waals surface area contributed by atoms with Crippen LogP contribution in [0.25, 0.3) is 0 Å². The standard InChI is InChI=1S/C14H10F4O/c1-7-4-8(6-9(15)5-7)14(19)10-2-3-11(16)13(18)12(10)17/h2-6,14,19H,1H3.